The summed E-state index contributed by atoms with van der Waals surface area (Å²) >= 11 is 1.93. The Morgan fingerprint density at radius 2 is 1.06 bits per heavy atom. The second-order valence-electron chi connectivity index (χ2n) is 14.3. The first-order valence-corrected chi connectivity index (χ1v) is 19.3. The van der Waals surface area contributed by atoms with Gasteiger partial charge in [-0.3, -0.25) is 0 Å². The molecule has 0 saturated heterocycles. The topological polar surface area (TPSA) is 16.4 Å². The lowest BCUT2D eigenvalue weighted by Crippen LogP contribution is -2.25. The molecule has 0 aliphatic heterocycles. The van der Waals surface area contributed by atoms with Gasteiger partial charge >= 0.3 is 0 Å². The van der Waals surface area contributed by atoms with Gasteiger partial charge in [-0.25, -0.2) is 0 Å². The predicted octanol–water partition coefficient (Wildman–Crippen LogP) is 14.3. The summed E-state index contributed by atoms with van der Waals surface area (Å²) in [4.78, 5) is 3.71. The van der Waals surface area contributed by atoms with Crippen LogP contribution < -0.4 is 4.90 Å². The van der Waals surface area contributed by atoms with Crippen LogP contribution in [-0.2, 0) is 5.41 Å². The maximum atomic E-state index is 6.56. The molecule has 0 fully saturated rings. The van der Waals surface area contributed by atoms with Crippen LogP contribution in [0.3, 0.4) is 0 Å². The summed E-state index contributed by atoms with van der Waals surface area (Å²) < 4.78 is 7.90. The molecule has 2 aliphatic rings. The van der Waals surface area contributed by atoms with Crippen LogP contribution in [0, 0.1) is 0 Å². The smallest absolute Gasteiger partial charge is 0.159 e. The normalized spacial score (nSPS) is 15.1. The Morgan fingerprint density at radius 3 is 1.91 bits per heavy atom. The van der Waals surface area contributed by atoms with Crippen LogP contribution in [0.25, 0.3) is 64.7 Å². The van der Waals surface area contributed by atoms with Gasteiger partial charge in [-0.15, -0.1) is 11.3 Å². The van der Waals surface area contributed by atoms with Gasteiger partial charge in [0, 0.05) is 31.7 Å². The number of anilines is 3. The van der Waals surface area contributed by atoms with Gasteiger partial charge in [0.25, 0.3) is 0 Å². The van der Waals surface area contributed by atoms with E-state index in [4.69, 9.17) is 4.42 Å². The molecule has 2 heterocycles. The molecular formula is C51H31NOS. The molecule has 252 valence electrons. The SMILES string of the molecule is c1ccc(N(c2ccc(-c3cccc4c3-c3ccccc3C43c4ccccc4-c4sc5ccccc5c43)cc2)c2cccc3c2oc2ccccc23)cc1. The Bertz CT molecular complexity index is 3120. The minimum atomic E-state index is -0.386. The third-order valence-corrected chi connectivity index (χ3v) is 12.9. The Labute approximate surface area is 316 Å². The number of furan rings is 1. The summed E-state index contributed by atoms with van der Waals surface area (Å²) in [6.45, 7) is 0. The van der Waals surface area contributed by atoms with Crippen LogP contribution in [0.2, 0.25) is 0 Å². The zero-order chi connectivity index (χ0) is 35.4. The number of rotatable bonds is 4. The van der Waals surface area contributed by atoms with Gasteiger partial charge < -0.3 is 9.32 Å². The molecule has 0 N–H and O–H groups in total. The van der Waals surface area contributed by atoms with Gasteiger partial charge in [-0.2, -0.15) is 0 Å². The predicted molar refractivity (Wildman–Crippen MR) is 226 cm³/mol. The van der Waals surface area contributed by atoms with E-state index in [9.17, 15) is 0 Å². The fourth-order valence-corrected chi connectivity index (χ4v) is 10.9. The number of hydrogen-bond donors (Lipinski definition) is 0. The van der Waals surface area contributed by atoms with Crippen LogP contribution in [0.4, 0.5) is 17.1 Å². The number of nitrogens with zero attached hydrogens (tertiary/aromatic N) is 1. The Hall–Kier alpha value is -6.68. The zero-order valence-electron chi connectivity index (χ0n) is 29.2. The van der Waals surface area contributed by atoms with Crippen LogP contribution in [0.5, 0.6) is 0 Å². The molecule has 3 heteroatoms. The lowest BCUT2D eigenvalue weighted by molar-refractivity contribution is 0.669. The second kappa shape index (κ2) is 11.2. The highest BCUT2D eigenvalue weighted by molar-refractivity contribution is 7.22. The van der Waals surface area contributed by atoms with E-state index in [-0.39, 0.29) is 5.41 Å². The van der Waals surface area contributed by atoms with Crippen molar-refractivity contribution in [1.29, 1.82) is 0 Å². The van der Waals surface area contributed by atoms with Crippen molar-refractivity contribution < 1.29 is 4.42 Å². The molecule has 1 atom stereocenters. The maximum absolute atomic E-state index is 6.56. The minimum Gasteiger partial charge on any atom is -0.454 e. The fourth-order valence-electron chi connectivity index (χ4n) is 9.58. The molecule has 0 radical (unpaired) electrons. The molecule has 10 aromatic rings. The summed E-state index contributed by atoms with van der Waals surface area (Å²) in [6, 6.07) is 68.6. The first-order chi connectivity index (χ1) is 26.8. The van der Waals surface area contributed by atoms with Gasteiger partial charge in [0.1, 0.15) is 5.58 Å². The van der Waals surface area contributed by atoms with Crippen LogP contribution in [0.15, 0.2) is 192 Å². The molecule has 0 saturated carbocycles. The van der Waals surface area contributed by atoms with Crippen LogP contribution >= 0.6 is 11.3 Å². The Kier molecular flexibility index (Phi) is 6.17. The van der Waals surface area contributed by atoms with E-state index in [0.717, 1.165) is 39.0 Å². The number of benzene rings is 8. The van der Waals surface area contributed by atoms with Gasteiger partial charge in [0.2, 0.25) is 0 Å². The third-order valence-electron chi connectivity index (χ3n) is 11.7. The molecule has 2 aliphatic carbocycles. The lowest BCUT2D eigenvalue weighted by atomic mass is 9.70. The van der Waals surface area contributed by atoms with Gasteiger partial charge in [0.15, 0.2) is 5.58 Å². The van der Waals surface area contributed by atoms with E-state index in [1.165, 1.54) is 65.0 Å². The highest BCUT2D eigenvalue weighted by Gasteiger charge is 2.53. The Balaban J connectivity index is 1.06. The minimum absolute atomic E-state index is 0.386. The molecule has 54 heavy (non-hydrogen) atoms. The molecular weight excluding hydrogens is 675 g/mol. The third kappa shape index (κ3) is 3.89. The standard InChI is InChI=1S/C51H31NOS/c1-2-14-33(15-3-1)52(44-25-13-21-37-36-16-6-10-26-45(36)53-49(37)44)34-30-28-32(29-31-34)35-20-12-24-43-47(35)38-17-4-8-22-41(38)51(43)42-23-9-5-18-39(42)50-48(51)40-19-7-11-27-46(40)54-50/h1-31H. The summed E-state index contributed by atoms with van der Waals surface area (Å²) in [5, 5.41) is 3.59. The molecule has 2 nitrogen and oxygen atoms in total. The van der Waals surface area contributed by atoms with E-state index in [1.54, 1.807) is 0 Å². The zero-order valence-corrected chi connectivity index (χ0v) is 30.0. The van der Waals surface area contributed by atoms with Crippen molar-refractivity contribution in [1.82, 2.24) is 0 Å². The first-order valence-electron chi connectivity index (χ1n) is 18.5. The quantitative estimate of drug-likeness (QED) is 0.181. The summed E-state index contributed by atoms with van der Waals surface area (Å²) in [5.41, 5.74) is 16.5. The number of fused-ring (bicyclic) bond motifs is 15. The molecule has 1 spiro atoms. The van der Waals surface area contributed by atoms with Crippen molar-refractivity contribution >= 4 is 60.4 Å². The van der Waals surface area contributed by atoms with Crippen molar-refractivity contribution in [2.45, 2.75) is 5.41 Å². The average molecular weight is 706 g/mol. The molecule has 1 unspecified atom stereocenters. The van der Waals surface area contributed by atoms with E-state index >= 15 is 0 Å². The second-order valence-corrected chi connectivity index (χ2v) is 15.4. The van der Waals surface area contributed by atoms with Gasteiger partial charge in [0.05, 0.1) is 11.1 Å². The lowest BCUT2D eigenvalue weighted by Gasteiger charge is -2.30. The molecule has 12 rings (SSSR count). The fraction of sp³-hybridized carbons (Fsp3) is 0.0196. The van der Waals surface area contributed by atoms with E-state index < -0.39 is 0 Å². The van der Waals surface area contributed by atoms with Gasteiger partial charge in [-0.1, -0.05) is 146 Å². The largest absolute Gasteiger partial charge is 0.454 e. The Morgan fingerprint density at radius 1 is 0.444 bits per heavy atom. The van der Waals surface area contributed by atoms with Gasteiger partial charge in [-0.05, 0) is 97.9 Å². The molecule has 0 bridgehead atoms. The summed E-state index contributed by atoms with van der Waals surface area (Å²) in [5.74, 6) is 0. The van der Waals surface area contributed by atoms with Crippen molar-refractivity contribution in [3.8, 4) is 32.7 Å². The monoisotopic (exact) mass is 705 g/mol. The number of hydrogen-bond acceptors (Lipinski definition) is 3. The summed E-state index contributed by atoms with van der Waals surface area (Å²) in [7, 11) is 0. The molecule has 8 aromatic carbocycles. The van der Waals surface area contributed by atoms with Crippen molar-refractivity contribution in [2.24, 2.45) is 0 Å². The van der Waals surface area contributed by atoms with E-state index in [2.05, 4.69) is 181 Å². The van der Waals surface area contributed by atoms with E-state index in [0.29, 0.717) is 0 Å². The van der Waals surface area contributed by atoms with Crippen LogP contribution in [0.1, 0.15) is 22.3 Å². The van der Waals surface area contributed by atoms with E-state index in [1.807, 2.05) is 23.5 Å². The maximum Gasteiger partial charge on any atom is 0.159 e. The summed E-state index contributed by atoms with van der Waals surface area (Å²) in [6.07, 6.45) is 0. The van der Waals surface area contributed by atoms with Crippen molar-refractivity contribution in [2.75, 3.05) is 4.90 Å². The highest BCUT2D eigenvalue weighted by atomic mass is 32.1. The number of thiophene rings is 1. The average Bonchev–Trinajstić information content (AvgIpc) is 3.97. The van der Waals surface area contributed by atoms with Crippen molar-refractivity contribution in [3.05, 3.63) is 210 Å². The molecule has 2 aromatic heterocycles. The van der Waals surface area contributed by atoms with Crippen molar-refractivity contribution in [3.63, 3.8) is 0 Å². The number of para-hydroxylation sites is 3. The first kappa shape index (κ1) is 29.9. The molecule has 0 amide bonds. The highest BCUT2D eigenvalue weighted by Crippen LogP contribution is 2.66. The van der Waals surface area contributed by atoms with Crippen LogP contribution in [-0.4, -0.2) is 0 Å².